The molecule has 2 aromatic heterocycles. The zero-order chi connectivity index (χ0) is 19.7. The van der Waals surface area contributed by atoms with Gasteiger partial charge in [-0.25, -0.2) is 19.4 Å². The Morgan fingerprint density at radius 3 is 2.75 bits per heavy atom. The summed E-state index contributed by atoms with van der Waals surface area (Å²) in [6, 6.07) is 8.41. The molecule has 1 aromatic carbocycles. The van der Waals surface area contributed by atoms with E-state index in [0.717, 1.165) is 30.1 Å². The number of nitrogens with zero attached hydrogens (tertiary/aromatic N) is 4. The van der Waals surface area contributed by atoms with E-state index in [0.29, 0.717) is 23.8 Å². The number of nitrogens with one attached hydrogen (secondary N) is 3. The fourth-order valence-electron chi connectivity index (χ4n) is 3.36. The number of hydrogen-bond donors (Lipinski definition) is 3. The molecule has 144 valence electrons. The Morgan fingerprint density at radius 2 is 2.00 bits per heavy atom. The van der Waals surface area contributed by atoms with E-state index in [9.17, 15) is 9.59 Å². The smallest absolute Gasteiger partial charge is 0.319 e. The lowest BCUT2D eigenvalue weighted by Gasteiger charge is -2.23. The molecular formula is C19H21N7O2. The second-order valence-corrected chi connectivity index (χ2v) is 6.88. The first-order valence-corrected chi connectivity index (χ1v) is 9.12. The van der Waals surface area contributed by atoms with Gasteiger partial charge in [0.25, 0.3) is 5.56 Å². The molecule has 4 rings (SSSR count). The van der Waals surface area contributed by atoms with Gasteiger partial charge in [-0.3, -0.25) is 4.79 Å². The maximum Gasteiger partial charge on any atom is 0.319 e. The van der Waals surface area contributed by atoms with Crippen LogP contribution in [0.5, 0.6) is 0 Å². The zero-order valence-electron chi connectivity index (χ0n) is 15.7. The molecule has 2 amide bonds. The van der Waals surface area contributed by atoms with Crippen molar-refractivity contribution in [1.82, 2.24) is 30.0 Å². The summed E-state index contributed by atoms with van der Waals surface area (Å²) in [5.74, 6) is 2.28. The molecule has 0 saturated carbocycles. The van der Waals surface area contributed by atoms with Crippen molar-refractivity contribution in [2.75, 3.05) is 5.32 Å². The summed E-state index contributed by atoms with van der Waals surface area (Å²) < 4.78 is 1.86. The Morgan fingerprint density at radius 1 is 1.21 bits per heavy atom. The Bertz CT molecular complexity index is 1070. The van der Waals surface area contributed by atoms with Gasteiger partial charge in [0.1, 0.15) is 17.5 Å². The number of urea groups is 1. The van der Waals surface area contributed by atoms with Crippen LogP contribution in [0.15, 0.2) is 35.1 Å². The molecule has 9 nitrogen and oxygen atoms in total. The van der Waals surface area contributed by atoms with E-state index in [1.54, 1.807) is 19.1 Å². The van der Waals surface area contributed by atoms with Gasteiger partial charge in [-0.15, -0.1) is 0 Å². The van der Waals surface area contributed by atoms with Crippen LogP contribution in [0.1, 0.15) is 23.9 Å². The molecular weight excluding hydrogens is 358 g/mol. The van der Waals surface area contributed by atoms with Crippen molar-refractivity contribution in [3.63, 3.8) is 0 Å². The second-order valence-electron chi connectivity index (χ2n) is 6.88. The number of benzene rings is 1. The van der Waals surface area contributed by atoms with Gasteiger partial charge in [-0.1, -0.05) is 12.1 Å². The molecule has 9 heteroatoms. The van der Waals surface area contributed by atoms with Gasteiger partial charge in [0, 0.05) is 23.7 Å². The minimum absolute atomic E-state index is 0.0103. The summed E-state index contributed by atoms with van der Waals surface area (Å²) in [6.45, 7) is 4.22. The summed E-state index contributed by atoms with van der Waals surface area (Å²) >= 11 is 0. The van der Waals surface area contributed by atoms with Crippen LogP contribution in [0.4, 0.5) is 10.5 Å². The van der Waals surface area contributed by atoms with Gasteiger partial charge in [0.05, 0.1) is 18.3 Å². The molecule has 3 heterocycles. The average molecular weight is 379 g/mol. The third kappa shape index (κ3) is 3.93. The van der Waals surface area contributed by atoms with Crippen LogP contribution in [0, 0.1) is 13.8 Å². The molecule has 0 aliphatic carbocycles. The number of carbonyl (C=O) groups is 1. The first-order chi connectivity index (χ1) is 13.5. The minimum atomic E-state index is -0.261. The minimum Gasteiger partial charge on any atom is -0.333 e. The van der Waals surface area contributed by atoms with Gasteiger partial charge in [0.2, 0.25) is 0 Å². The Kier molecular flexibility index (Phi) is 4.64. The summed E-state index contributed by atoms with van der Waals surface area (Å²) in [5, 5.41) is 10.2. The maximum atomic E-state index is 12.3. The Labute approximate surface area is 161 Å². The molecule has 3 aromatic rings. The predicted molar refractivity (Wildman–Crippen MR) is 104 cm³/mol. The standard InChI is InChI=1S/C19H21N7O2/c1-11-20-16(9-18(27)22-11)13-3-5-14(6-4-13)23-19(28)24-15-7-8-17-21-12(2)25-26(17)10-15/h3-6,9,15H,7-8,10H2,1-2H3,(H,20,22,27)(H2,23,24,28). The molecule has 0 fully saturated rings. The van der Waals surface area contributed by atoms with E-state index >= 15 is 0 Å². The number of H-pyrrole nitrogens is 1. The molecule has 1 aliphatic rings. The SMILES string of the molecule is Cc1nc2n(n1)CC(NC(=O)Nc1ccc(-c3cc(=O)[nH]c(C)n3)cc1)CC2. The van der Waals surface area contributed by atoms with Gasteiger partial charge in [0.15, 0.2) is 0 Å². The molecule has 1 atom stereocenters. The maximum absolute atomic E-state index is 12.3. The van der Waals surface area contributed by atoms with Crippen molar-refractivity contribution in [3.8, 4) is 11.3 Å². The van der Waals surface area contributed by atoms with Crippen molar-refractivity contribution in [1.29, 1.82) is 0 Å². The first kappa shape index (κ1) is 17.9. The molecule has 1 unspecified atom stereocenters. The molecule has 0 spiro atoms. The third-order valence-corrected chi connectivity index (χ3v) is 4.60. The molecule has 28 heavy (non-hydrogen) atoms. The summed E-state index contributed by atoms with van der Waals surface area (Å²) in [6.07, 6.45) is 1.63. The number of fused-ring (bicyclic) bond motifs is 1. The van der Waals surface area contributed by atoms with Crippen LogP contribution >= 0.6 is 0 Å². The number of aromatic nitrogens is 5. The zero-order valence-corrected chi connectivity index (χ0v) is 15.7. The lowest BCUT2D eigenvalue weighted by molar-refractivity contribution is 0.243. The van der Waals surface area contributed by atoms with Crippen LogP contribution in [0.2, 0.25) is 0 Å². The van der Waals surface area contributed by atoms with Gasteiger partial charge in [-0.2, -0.15) is 5.10 Å². The lowest BCUT2D eigenvalue weighted by atomic mass is 10.1. The van der Waals surface area contributed by atoms with Gasteiger partial charge >= 0.3 is 6.03 Å². The average Bonchev–Trinajstić information content (AvgIpc) is 3.00. The quantitative estimate of drug-likeness (QED) is 0.641. The highest BCUT2D eigenvalue weighted by molar-refractivity contribution is 5.89. The first-order valence-electron chi connectivity index (χ1n) is 9.12. The topological polar surface area (TPSA) is 118 Å². The van der Waals surface area contributed by atoms with Crippen LogP contribution in [-0.2, 0) is 13.0 Å². The van der Waals surface area contributed by atoms with Crippen molar-refractivity contribution >= 4 is 11.7 Å². The molecule has 1 aliphatic heterocycles. The third-order valence-electron chi connectivity index (χ3n) is 4.60. The van der Waals surface area contributed by atoms with E-state index in [2.05, 4.69) is 30.7 Å². The van der Waals surface area contributed by atoms with Gasteiger partial charge in [-0.05, 0) is 32.4 Å². The fourth-order valence-corrected chi connectivity index (χ4v) is 3.36. The highest BCUT2D eigenvalue weighted by atomic mass is 16.2. The number of aryl methyl sites for hydroxylation is 3. The van der Waals surface area contributed by atoms with E-state index in [1.165, 1.54) is 6.07 Å². The number of aromatic amines is 1. The van der Waals surface area contributed by atoms with E-state index < -0.39 is 0 Å². The highest BCUT2D eigenvalue weighted by Gasteiger charge is 2.22. The monoisotopic (exact) mass is 379 g/mol. The Balaban J connectivity index is 1.38. The van der Waals surface area contributed by atoms with E-state index in [-0.39, 0.29) is 17.6 Å². The summed E-state index contributed by atoms with van der Waals surface area (Å²) in [5.41, 5.74) is 1.87. The predicted octanol–water partition coefficient (Wildman–Crippen LogP) is 1.78. The summed E-state index contributed by atoms with van der Waals surface area (Å²) in [7, 11) is 0. The molecule has 0 saturated heterocycles. The van der Waals surface area contributed by atoms with Crippen LogP contribution in [0.3, 0.4) is 0 Å². The normalized spacial score (nSPS) is 15.7. The van der Waals surface area contributed by atoms with Crippen molar-refractivity contribution < 1.29 is 4.79 Å². The fraction of sp³-hybridized carbons (Fsp3) is 0.316. The number of rotatable bonds is 3. The number of amides is 2. The van der Waals surface area contributed by atoms with Gasteiger partial charge < -0.3 is 15.6 Å². The number of hydrogen-bond acceptors (Lipinski definition) is 5. The van der Waals surface area contributed by atoms with E-state index in [4.69, 9.17) is 0 Å². The Hall–Kier alpha value is -3.49. The van der Waals surface area contributed by atoms with Crippen LogP contribution in [-0.4, -0.2) is 36.8 Å². The lowest BCUT2D eigenvalue weighted by Crippen LogP contribution is -2.43. The largest absolute Gasteiger partial charge is 0.333 e. The van der Waals surface area contributed by atoms with Crippen molar-refractivity contribution in [2.24, 2.45) is 0 Å². The van der Waals surface area contributed by atoms with Crippen LogP contribution in [0.25, 0.3) is 11.3 Å². The van der Waals surface area contributed by atoms with Crippen LogP contribution < -0.4 is 16.2 Å². The highest BCUT2D eigenvalue weighted by Crippen LogP contribution is 2.19. The van der Waals surface area contributed by atoms with Crippen molar-refractivity contribution in [3.05, 3.63) is 58.2 Å². The number of carbonyl (C=O) groups excluding carboxylic acids is 1. The van der Waals surface area contributed by atoms with E-state index in [1.807, 2.05) is 23.7 Å². The molecule has 3 N–H and O–H groups in total. The number of anilines is 1. The molecule has 0 radical (unpaired) electrons. The molecule has 0 bridgehead atoms. The van der Waals surface area contributed by atoms with Crippen molar-refractivity contribution in [2.45, 2.75) is 39.3 Å². The summed E-state index contributed by atoms with van der Waals surface area (Å²) in [4.78, 5) is 35.2. The second kappa shape index (κ2) is 7.26.